The van der Waals surface area contributed by atoms with Crippen LogP contribution in [-0.2, 0) is 0 Å². The van der Waals surface area contributed by atoms with Crippen molar-refractivity contribution in [1.29, 1.82) is 0 Å². The van der Waals surface area contributed by atoms with Crippen LogP contribution in [0.25, 0.3) is 0 Å². The topological polar surface area (TPSA) is 20.2 Å². The van der Waals surface area contributed by atoms with Gasteiger partial charge in [-0.05, 0) is 31.6 Å². The molecule has 0 aromatic heterocycles. The molecule has 0 aromatic carbocycles. The molecule has 0 amide bonds. The van der Waals surface area contributed by atoms with Crippen molar-refractivity contribution in [3.8, 4) is 11.5 Å². The molecule has 0 saturated carbocycles. The Kier molecular flexibility index (Phi) is 5.47. The van der Waals surface area contributed by atoms with Crippen LogP contribution >= 0.6 is 0 Å². The lowest BCUT2D eigenvalue weighted by atomic mass is 9.79. The van der Waals surface area contributed by atoms with Gasteiger partial charge in [-0.25, -0.2) is 0 Å². The Morgan fingerprint density at radius 2 is 1.95 bits per heavy atom. The van der Waals surface area contributed by atoms with Gasteiger partial charge in [-0.1, -0.05) is 51.9 Å². The van der Waals surface area contributed by atoms with Gasteiger partial charge in [0.1, 0.15) is 8.07 Å². The fourth-order valence-corrected chi connectivity index (χ4v) is 3.33. The molecule has 108 valence electrons. The predicted molar refractivity (Wildman–Crippen MR) is 86.6 cm³/mol. The molecule has 0 saturated heterocycles. The lowest BCUT2D eigenvalue weighted by molar-refractivity contribution is 0.251. The first kappa shape index (κ1) is 16.5. The minimum atomic E-state index is -1.33. The maximum absolute atomic E-state index is 9.12. The zero-order valence-electron chi connectivity index (χ0n) is 13.6. The molecule has 0 aromatic rings. The van der Waals surface area contributed by atoms with Gasteiger partial charge in [-0.3, -0.25) is 0 Å². The van der Waals surface area contributed by atoms with E-state index in [1.807, 2.05) is 0 Å². The molecule has 0 fully saturated rings. The fourth-order valence-electron chi connectivity index (χ4n) is 2.83. The average Bonchev–Trinajstić information content (AvgIpc) is 2.61. The average molecular weight is 279 g/mol. The van der Waals surface area contributed by atoms with Crippen molar-refractivity contribution in [1.82, 2.24) is 0 Å². The number of aliphatic hydroxyl groups is 1. The summed E-state index contributed by atoms with van der Waals surface area (Å²) < 4.78 is 0. The highest BCUT2D eigenvalue weighted by Gasteiger charge is 2.36. The van der Waals surface area contributed by atoms with Gasteiger partial charge in [0, 0.05) is 17.6 Å². The van der Waals surface area contributed by atoms with Crippen LogP contribution in [0.2, 0.25) is 19.6 Å². The quantitative estimate of drug-likeness (QED) is 0.597. The Morgan fingerprint density at radius 3 is 2.42 bits per heavy atom. The lowest BCUT2D eigenvalue weighted by Gasteiger charge is -2.25. The van der Waals surface area contributed by atoms with E-state index in [-0.39, 0.29) is 5.41 Å². The third-order valence-corrected chi connectivity index (χ3v) is 4.89. The second kappa shape index (κ2) is 6.28. The van der Waals surface area contributed by atoms with Crippen LogP contribution in [0.1, 0.15) is 46.5 Å². The van der Waals surface area contributed by atoms with Crippen molar-refractivity contribution in [2.24, 2.45) is 11.3 Å². The van der Waals surface area contributed by atoms with E-state index in [1.54, 1.807) is 5.57 Å². The molecule has 0 heterocycles. The molecule has 0 radical (unpaired) electrons. The molecular formula is C17H30OSi. The molecular weight excluding hydrogens is 248 g/mol. The molecule has 1 nitrogen and oxygen atoms in total. The van der Waals surface area contributed by atoms with Gasteiger partial charge in [0.25, 0.3) is 0 Å². The first-order valence-corrected chi connectivity index (χ1v) is 11.1. The Bertz CT molecular complexity index is 403. The first-order chi connectivity index (χ1) is 8.69. The van der Waals surface area contributed by atoms with Crippen molar-refractivity contribution in [3.63, 3.8) is 0 Å². The molecule has 1 N–H and O–H groups in total. The van der Waals surface area contributed by atoms with E-state index in [4.69, 9.17) is 5.11 Å². The number of rotatable bonds is 4. The third-order valence-electron chi connectivity index (χ3n) is 4.02. The van der Waals surface area contributed by atoms with Crippen LogP contribution < -0.4 is 0 Å². The van der Waals surface area contributed by atoms with Crippen LogP contribution in [0.5, 0.6) is 0 Å². The van der Waals surface area contributed by atoms with Gasteiger partial charge in [0.2, 0.25) is 0 Å². The van der Waals surface area contributed by atoms with Crippen LogP contribution in [0.15, 0.2) is 11.1 Å². The van der Waals surface area contributed by atoms with E-state index in [1.165, 1.54) is 18.4 Å². The van der Waals surface area contributed by atoms with E-state index in [0.29, 0.717) is 12.5 Å². The smallest absolute Gasteiger partial charge is 0.129 e. The normalized spacial score (nSPS) is 23.8. The number of aliphatic hydroxyl groups excluding tert-OH is 1. The molecule has 0 bridgehead atoms. The summed E-state index contributed by atoms with van der Waals surface area (Å²) in [7, 11) is -1.33. The van der Waals surface area contributed by atoms with Gasteiger partial charge >= 0.3 is 0 Å². The molecule has 1 rings (SSSR count). The van der Waals surface area contributed by atoms with Crippen molar-refractivity contribution in [2.45, 2.75) is 66.1 Å². The molecule has 2 heteroatoms. The number of allylic oxidation sites excluding steroid dienone is 2. The summed E-state index contributed by atoms with van der Waals surface area (Å²) in [4.78, 5) is 0. The molecule has 0 unspecified atom stereocenters. The summed E-state index contributed by atoms with van der Waals surface area (Å²) in [6.07, 6.45) is 4.35. The monoisotopic (exact) mass is 278 g/mol. The standard InChI is InChI=1S/C17H30OSi/c1-14(2)15-8-11-17(3,10-7-12-18)16(15)9-13-19(4,5)6/h14,18H,7-8,10-12H2,1-6H3/t17-/m0/s1. The molecule has 1 aliphatic rings. The van der Waals surface area contributed by atoms with Gasteiger partial charge in [-0.2, -0.15) is 0 Å². The number of hydrogen-bond acceptors (Lipinski definition) is 1. The first-order valence-electron chi connectivity index (χ1n) is 7.57. The molecule has 1 atom stereocenters. The van der Waals surface area contributed by atoms with Crippen LogP contribution in [-0.4, -0.2) is 19.8 Å². The summed E-state index contributed by atoms with van der Waals surface area (Å²) in [6, 6.07) is 0. The summed E-state index contributed by atoms with van der Waals surface area (Å²) >= 11 is 0. The zero-order chi connectivity index (χ0) is 14.7. The molecule has 0 spiro atoms. The van der Waals surface area contributed by atoms with Crippen molar-refractivity contribution >= 4 is 8.07 Å². The van der Waals surface area contributed by atoms with E-state index in [9.17, 15) is 0 Å². The van der Waals surface area contributed by atoms with E-state index >= 15 is 0 Å². The van der Waals surface area contributed by atoms with Crippen LogP contribution in [0.3, 0.4) is 0 Å². The minimum Gasteiger partial charge on any atom is -0.396 e. The Labute approximate surface area is 120 Å². The van der Waals surface area contributed by atoms with Gasteiger partial charge in [0.05, 0.1) is 0 Å². The van der Waals surface area contributed by atoms with Crippen LogP contribution in [0, 0.1) is 22.8 Å². The highest BCUT2D eigenvalue weighted by molar-refractivity contribution is 6.83. The third kappa shape index (κ3) is 4.51. The zero-order valence-corrected chi connectivity index (χ0v) is 14.6. The van der Waals surface area contributed by atoms with Gasteiger partial charge < -0.3 is 5.11 Å². The molecule has 0 aliphatic heterocycles. The highest BCUT2D eigenvalue weighted by atomic mass is 28.3. The largest absolute Gasteiger partial charge is 0.396 e. The second-order valence-corrected chi connectivity index (χ2v) is 12.2. The lowest BCUT2D eigenvalue weighted by Crippen LogP contribution is -2.19. The van der Waals surface area contributed by atoms with Gasteiger partial charge in [0.15, 0.2) is 0 Å². The molecule has 1 aliphatic carbocycles. The predicted octanol–water partition coefficient (Wildman–Crippen LogP) is 4.39. The molecule has 19 heavy (non-hydrogen) atoms. The van der Waals surface area contributed by atoms with Gasteiger partial charge in [-0.15, -0.1) is 5.54 Å². The van der Waals surface area contributed by atoms with E-state index in [0.717, 1.165) is 12.8 Å². The maximum Gasteiger partial charge on any atom is 0.129 e. The fraction of sp³-hybridized carbons (Fsp3) is 0.765. The van der Waals surface area contributed by atoms with E-state index in [2.05, 4.69) is 51.9 Å². The summed E-state index contributed by atoms with van der Waals surface area (Å²) in [6.45, 7) is 14.1. The number of hydrogen-bond donors (Lipinski definition) is 1. The highest BCUT2D eigenvalue weighted by Crippen LogP contribution is 2.47. The van der Waals surface area contributed by atoms with Crippen molar-refractivity contribution < 1.29 is 5.11 Å². The Balaban J connectivity index is 3.11. The van der Waals surface area contributed by atoms with Crippen molar-refractivity contribution in [3.05, 3.63) is 11.1 Å². The summed E-state index contributed by atoms with van der Waals surface area (Å²) in [5.41, 5.74) is 6.71. The summed E-state index contributed by atoms with van der Waals surface area (Å²) in [5.74, 6) is 4.16. The van der Waals surface area contributed by atoms with E-state index < -0.39 is 8.07 Å². The second-order valence-electron chi connectivity index (χ2n) is 7.44. The van der Waals surface area contributed by atoms with Crippen molar-refractivity contribution in [2.75, 3.05) is 6.61 Å². The SMILES string of the molecule is CC(C)C1=C(C#C[Si](C)(C)C)[C@@](C)(CCCO)CC1. The minimum absolute atomic E-state index is 0.203. The Hall–Kier alpha value is -0.523. The maximum atomic E-state index is 9.12. The summed E-state index contributed by atoms with van der Waals surface area (Å²) in [5, 5.41) is 9.12. The van der Waals surface area contributed by atoms with Crippen LogP contribution in [0.4, 0.5) is 0 Å². The Morgan fingerprint density at radius 1 is 1.32 bits per heavy atom.